The molecular weight excluding hydrogens is 116 g/mol. The molecule has 0 unspecified atom stereocenters. The zero-order valence-electron chi connectivity index (χ0n) is 1.90. The van der Waals surface area contributed by atoms with E-state index in [9.17, 15) is 0 Å². The van der Waals surface area contributed by atoms with Gasteiger partial charge in [-0.3, -0.25) is 0 Å². The first-order chi connectivity index (χ1) is 0. The maximum absolute atomic E-state index is 0. The van der Waals surface area contributed by atoms with Gasteiger partial charge in [0, 0.05) is 33.6 Å². The first-order valence-electron chi connectivity index (χ1n) is 0. The van der Waals surface area contributed by atoms with Gasteiger partial charge in [0.1, 0.15) is 0 Å². The van der Waals surface area contributed by atoms with Gasteiger partial charge in [0.2, 0.25) is 0 Å². The first kappa shape index (κ1) is 88.5. The summed E-state index contributed by atoms with van der Waals surface area (Å²) < 4.78 is 0. The second kappa shape index (κ2) is 39.2. The van der Waals surface area contributed by atoms with Crippen molar-refractivity contribution in [2.75, 3.05) is 0 Å². The molecule has 23 valence electrons. The summed E-state index contributed by atoms with van der Waals surface area (Å²) in [6, 6.07) is 0. The topological polar surface area (TPSA) is 0 Å². The molecule has 0 nitrogen and oxygen atoms in total. The Morgan fingerprint density at radius 1 is 0.750 bits per heavy atom. The van der Waals surface area contributed by atoms with Crippen molar-refractivity contribution in [3.63, 3.8) is 0 Å². The Morgan fingerprint density at radius 2 is 0.750 bits per heavy atom. The molecule has 0 spiro atoms. The summed E-state index contributed by atoms with van der Waals surface area (Å²) in [5.74, 6) is 0. The fraction of sp³-hybridized carbons (Fsp3) is 0. The Hall–Kier alpha value is 0.926. The van der Waals surface area contributed by atoms with Crippen LogP contribution in [0.1, 0.15) is 0 Å². The third-order valence-corrected chi connectivity index (χ3v) is 0. The molecule has 7 radical (unpaired) electrons. The van der Waals surface area contributed by atoms with Crippen molar-refractivity contribution in [3.8, 4) is 0 Å². The fourth-order valence-corrected chi connectivity index (χ4v) is 0. The zero-order valence-corrected chi connectivity index (χ0v) is 3.75. The van der Waals surface area contributed by atoms with Crippen molar-refractivity contribution in [2.45, 2.75) is 0 Å². The standard InChI is InChI=1S/2B.ClH.Co/h;;1H;. The van der Waals surface area contributed by atoms with Crippen LogP contribution in [0.25, 0.3) is 0 Å². The summed E-state index contributed by atoms with van der Waals surface area (Å²) >= 11 is 0. The molecule has 0 aliphatic carbocycles. The fourth-order valence-electron chi connectivity index (χ4n) is 0. The van der Waals surface area contributed by atoms with Crippen LogP contribution in [0, 0.1) is 0 Å². The molecule has 0 N–H and O–H groups in total. The SMILES string of the molecule is Cl.[B].[B].[Co]. The van der Waals surface area contributed by atoms with Crippen LogP contribution in [-0.4, -0.2) is 16.8 Å². The molecule has 0 fully saturated rings. The molecule has 0 heterocycles. The van der Waals surface area contributed by atoms with Crippen LogP contribution < -0.4 is 0 Å². The van der Waals surface area contributed by atoms with Crippen molar-refractivity contribution >= 4 is 29.2 Å². The van der Waals surface area contributed by atoms with Gasteiger partial charge in [0.25, 0.3) is 0 Å². The molecule has 0 bridgehead atoms. The van der Waals surface area contributed by atoms with E-state index in [0.717, 1.165) is 0 Å². The van der Waals surface area contributed by atoms with E-state index in [1.807, 2.05) is 0 Å². The van der Waals surface area contributed by atoms with Crippen LogP contribution in [0.3, 0.4) is 0 Å². The molecule has 0 atom stereocenters. The van der Waals surface area contributed by atoms with Crippen LogP contribution in [0.4, 0.5) is 0 Å². The van der Waals surface area contributed by atoms with Gasteiger partial charge in [-0.2, -0.15) is 0 Å². The monoisotopic (exact) mass is 117 g/mol. The van der Waals surface area contributed by atoms with E-state index in [2.05, 4.69) is 0 Å². The van der Waals surface area contributed by atoms with Crippen LogP contribution in [0.5, 0.6) is 0 Å². The molecule has 0 rings (SSSR count). The summed E-state index contributed by atoms with van der Waals surface area (Å²) in [5.41, 5.74) is 0. The van der Waals surface area contributed by atoms with Gasteiger partial charge in [-0.15, -0.1) is 12.4 Å². The van der Waals surface area contributed by atoms with Crippen LogP contribution in [0.2, 0.25) is 0 Å². The van der Waals surface area contributed by atoms with Gasteiger partial charge >= 0.3 is 0 Å². The second-order valence-corrected chi connectivity index (χ2v) is 0. The first-order valence-corrected chi connectivity index (χ1v) is 0. The average Bonchev–Trinajstić information content (AvgIpc) is 0. The smallest absolute Gasteiger partial charge is 0 e. The van der Waals surface area contributed by atoms with E-state index in [4.69, 9.17) is 0 Å². The second-order valence-electron chi connectivity index (χ2n) is 0. The van der Waals surface area contributed by atoms with Gasteiger partial charge in [-0.25, -0.2) is 0 Å². The minimum absolute atomic E-state index is 0. The summed E-state index contributed by atoms with van der Waals surface area (Å²) in [4.78, 5) is 0. The van der Waals surface area contributed by atoms with E-state index in [1.165, 1.54) is 0 Å². The molecule has 0 aliphatic heterocycles. The Bertz CT molecular complexity index is 6.00. The summed E-state index contributed by atoms with van der Waals surface area (Å²) in [7, 11) is 0. The Kier molecular flexibility index (Phi) is 867. The molecule has 0 aromatic heterocycles. The molecule has 0 aromatic carbocycles. The summed E-state index contributed by atoms with van der Waals surface area (Å²) in [6.07, 6.45) is 0. The van der Waals surface area contributed by atoms with Gasteiger partial charge in [0.15, 0.2) is 0 Å². The van der Waals surface area contributed by atoms with Crippen molar-refractivity contribution in [3.05, 3.63) is 0 Å². The quantitative estimate of drug-likeness (QED) is 0.381. The van der Waals surface area contributed by atoms with Crippen molar-refractivity contribution in [2.24, 2.45) is 0 Å². The predicted octanol–water partition coefficient (Wildman–Crippen LogP) is -0.342. The molecule has 0 aromatic rings. The molecule has 4 heavy (non-hydrogen) atoms. The van der Waals surface area contributed by atoms with Crippen LogP contribution in [0.15, 0.2) is 0 Å². The van der Waals surface area contributed by atoms with Crippen molar-refractivity contribution < 1.29 is 16.8 Å². The van der Waals surface area contributed by atoms with Crippen LogP contribution in [-0.2, 0) is 16.8 Å². The van der Waals surface area contributed by atoms with Gasteiger partial charge in [-0.05, 0) is 0 Å². The zero-order chi connectivity index (χ0) is 0. The van der Waals surface area contributed by atoms with Crippen molar-refractivity contribution in [1.82, 2.24) is 0 Å². The Labute approximate surface area is 46.5 Å². The van der Waals surface area contributed by atoms with E-state index in [-0.39, 0.29) is 46.0 Å². The van der Waals surface area contributed by atoms with Gasteiger partial charge in [0.05, 0.1) is 0 Å². The molecule has 0 saturated carbocycles. The Balaban J connectivity index is 0. The normalized spacial score (nSPS) is 0. The number of hydrogen-bond donors (Lipinski definition) is 0. The van der Waals surface area contributed by atoms with Crippen LogP contribution >= 0.6 is 12.4 Å². The number of rotatable bonds is 0. The van der Waals surface area contributed by atoms with E-state index in [0.29, 0.717) is 0 Å². The number of hydrogen-bond acceptors (Lipinski definition) is 0. The maximum atomic E-state index is 0. The third kappa shape index (κ3) is 12.7. The van der Waals surface area contributed by atoms with E-state index in [1.54, 1.807) is 0 Å². The molecule has 0 aliphatic rings. The number of halogens is 1. The van der Waals surface area contributed by atoms with E-state index >= 15 is 0 Å². The largest absolute Gasteiger partial charge is 0.147 e. The minimum Gasteiger partial charge on any atom is -0.147 e. The predicted molar refractivity (Wildman–Crippen MR) is 18.8 cm³/mol. The summed E-state index contributed by atoms with van der Waals surface area (Å²) in [5, 5.41) is 0. The van der Waals surface area contributed by atoms with E-state index < -0.39 is 0 Å². The van der Waals surface area contributed by atoms with Gasteiger partial charge < -0.3 is 0 Å². The third-order valence-electron chi connectivity index (χ3n) is 0. The molecule has 0 saturated heterocycles. The Morgan fingerprint density at radius 3 is 0.750 bits per heavy atom. The van der Waals surface area contributed by atoms with Gasteiger partial charge in [-0.1, -0.05) is 0 Å². The van der Waals surface area contributed by atoms with Crippen molar-refractivity contribution in [1.29, 1.82) is 0 Å². The summed E-state index contributed by atoms with van der Waals surface area (Å²) in [6.45, 7) is 0. The average molecular weight is 117 g/mol. The molecular formula is HB2ClCo. The minimum atomic E-state index is 0. The maximum Gasteiger partial charge on any atom is 0 e. The molecule has 0 amide bonds. The molecule has 4 heteroatoms.